The number of halogens is 1. The average Bonchev–Trinajstić information content (AvgIpc) is 3.05. The molecule has 0 N–H and O–H groups in total. The van der Waals surface area contributed by atoms with Crippen LogP contribution in [0.3, 0.4) is 0 Å². The molecule has 1 aliphatic carbocycles. The van der Waals surface area contributed by atoms with Gasteiger partial charge >= 0.3 is 0 Å². The van der Waals surface area contributed by atoms with E-state index in [1.54, 1.807) is 6.20 Å². The molecule has 126 valence electrons. The summed E-state index contributed by atoms with van der Waals surface area (Å²) in [7, 11) is 0. The molecule has 0 bridgehead atoms. The van der Waals surface area contributed by atoms with Gasteiger partial charge in [0, 0.05) is 39.0 Å². The minimum absolute atomic E-state index is 0.170. The van der Waals surface area contributed by atoms with E-state index in [2.05, 4.69) is 9.88 Å². The predicted molar refractivity (Wildman–Crippen MR) is 90.9 cm³/mol. The maximum Gasteiger partial charge on any atom is 0.254 e. The first-order valence-corrected chi connectivity index (χ1v) is 8.83. The van der Waals surface area contributed by atoms with Gasteiger partial charge in [-0.05, 0) is 44.7 Å². The van der Waals surface area contributed by atoms with E-state index in [0.717, 1.165) is 44.6 Å². The fraction of sp³-hybridized carbons (Fsp3) is 0.647. The molecule has 1 saturated carbocycles. The molecular formula is C17H24ClN3O2. The second-order valence-electron chi connectivity index (χ2n) is 6.22. The van der Waals surface area contributed by atoms with E-state index in [0.29, 0.717) is 24.7 Å². The Morgan fingerprint density at radius 3 is 2.61 bits per heavy atom. The number of piperazine rings is 1. The van der Waals surface area contributed by atoms with Crippen molar-refractivity contribution in [2.45, 2.75) is 38.2 Å². The maximum absolute atomic E-state index is 13.0. The number of aromatic nitrogens is 1. The molecule has 23 heavy (non-hydrogen) atoms. The van der Waals surface area contributed by atoms with Crippen LogP contribution in [0.25, 0.3) is 0 Å². The lowest BCUT2D eigenvalue weighted by atomic mass is 9.99. The van der Waals surface area contributed by atoms with Crippen molar-refractivity contribution in [3.63, 3.8) is 0 Å². The molecule has 2 aliphatic rings. The minimum Gasteiger partial charge on any atom is -0.365 e. The Morgan fingerprint density at radius 1 is 1.30 bits per heavy atom. The van der Waals surface area contributed by atoms with Gasteiger partial charge in [-0.1, -0.05) is 11.6 Å². The van der Waals surface area contributed by atoms with Crippen LogP contribution in [-0.4, -0.2) is 54.2 Å². The topological polar surface area (TPSA) is 45.7 Å². The summed E-state index contributed by atoms with van der Waals surface area (Å²) in [4.78, 5) is 21.4. The van der Waals surface area contributed by atoms with Crippen LogP contribution in [-0.2, 0) is 9.53 Å². The van der Waals surface area contributed by atoms with Crippen LogP contribution in [0.4, 0.5) is 5.82 Å². The highest BCUT2D eigenvalue weighted by Gasteiger charge is 2.44. The molecule has 6 heteroatoms. The summed E-state index contributed by atoms with van der Waals surface area (Å²) in [5.74, 6) is 0.977. The number of carbonyl (C=O) groups excluding carboxylic acids is 1. The van der Waals surface area contributed by atoms with Gasteiger partial charge in [0.2, 0.25) is 0 Å². The van der Waals surface area contributed by atoms with Crippen LogP contribution >= 0.6 is 11.6 Å². The van der Waals surface area contributed by atoms with Gasteiger partial charge in [-0.2, -0.15) is 0 Å². The maximum atomic E-state index is 13.0. The zero-order valence-corrected chi connectivity index (χ0v) is 14.4. The monoisotopic (exact) mass is 337 g/mol. The molecule has 1 aromatic heterocycles. The Hall–Kier alpha value is -1.33. The van der Waals surface area contributed by atoms with E-state index in [1.165, 1.54) is 0 Å². The van der Waals surface area contributed by atoms with E-state index in [4.69, 9.17) is 16.3 Å². The van der Waals surface area contributed by atoms with Gasteiger partial charge in [0.25, 0.3) is 5.91 Å². The highest BCUT2D eigenvalue weighted by atomic mass is 35.5. The summed E-state index contributed by atoms with van der Waals surface area (Å²) in [6, 6.07) is 3.68. The summed E-state index contributed by atoms with van der Waals surface area (Å²) < 4.78 is 5.90. The van der Waals surface area contributed by atoms with Gasteiger partial charge < -0.3 is 14.5 Å². The van der Waals surface area contributed by atoms with Gasteiger partial charge in [-0.3, -0.25) is 4.79 Å². The number of pyridine rings is 1. The fourth-order valence-electron chi connectivity index (χ4n) is 3.66. The van der Waals surface area contributed by atoms with Crippen LogP contribution in [0.15, 0.2) is 18.3 Å². The minimum atomic E-state index is -0.570. The molecule has 5 nitrogen and oxygen atoms in total. The second-order valence-corrected chi connectivity index (χ2v) is 6.63. The number of carbonyl (C=O) groups is 1. The zero-order valence-electron chi connectivity index (χ0n) is 13.6. The molecule has 1 aromatic rings. The Kier molecular flexibility index (Phi) is 5.07. The molecule has 0 spiro atoms. The van der Waals surface area contributed by atoms with Crippen molar-refractivity contribution in [1.29, 1.82) is 0 Å². The van der Waals surface area contributed by atoms with Crippen molar-refractivity contribution >= 4 is 23.3 Å². The number of amides is 1. The first-order valence-electron chi connectivity index (χ1n) is 8.45. The molecule has 2 heterocycles. The number of hydrogen-bond donors (Lipinski definition) is 0. The summed E-state index contributed by atoms with van der Waals surface area (Å²) in [6.45, 7) is 5.46. The first-order chi connectivity index (χ1) is 11.2. The fourth-order valence-corrected chi connectivity index (χ4v) is 3.90. The van der Waals surface area contributed by atoms with Crippen molar-refractivity contribution in [1.82, 2.24) is 9.88 Å². The molecule has 3 rings (SSSR count). The van der Waals surface area contributed by atoms with Gasteiger partial charge in [0.15, 0.2) is 0 Å². The molecule has 0 radical (unpaired) electrons. The number of hydrogen-bond acceptors (Lipinski definition) is 4. The third-order valence-electron chi connectivity index (χ3n) is 4.83. The third-order valence-corrected chi connectivity index (χ3v) is 5.12. The van der Waals surface area contributed by atoms with Gasteiger partial charge in [0.1, 0.15) is 11.4 Å². The predicted octanol–water partition coefficient (Wildman–Crippen LogP) is 2.73. The molecule has 1 saturated heterocycles. The van der Waals surface area contributed by atoms with Crippen LogP contribution in [0.2, 0.25) is 5.02 Å². The van der Waals surface area contributed by atoms with Crippen molar-refractivity contribution in [3.8, 4) is 0 Å². The number of anilines is 1. The third kappa shape index (κ3) is 3.31. The zero-order chi connectivity index (χ0) is 16.3. The lowest BCUT2D eigenvalue weighted by molar-refractivity contribution is -0.157. The molecule has 0 unspecified atom stereocenters. The first kappa shape index (κ1) is 16.5. The van der Waals surface area contributed by atoms with Crippen molar-refractivity contribution in [2.75, 3.05) is 37.7 Å². The highest BCUT2D eigenvalue weighted by Crippen LogP contribution is 2.35. The largest absolute Gasteiger partial charge is 0.365 e. The van der Waals surface area contributed by atoms with Crippen molar-refractivity contribution in [3.05, 3.63) is 23.4 Å². The second kappa shape index (κ2) is 7.05. The normalized spacial score (nSPS) is 20.8. The van der Waals surface area contributed by atoms with Gasteiger partial charge in [-0.15, -0.1) is 0 Å². The standard InChI is InChI=1S/C17H24ClN3O2/c1-2-23-17(7-3-4-8-17)16(22)21-12-10-20(11-13-21)15-14(18)6-5-9-19-15/h5-6,9H,2-4,7-8,10-13H2,1H3. The smallest absolute Gasteiger partial charge is 0.254 e. The van der Waals surface area contributed by atoms with Crippen LogP contribution in [0.5, 0.6) is 0 Å². The highest BCUT2D eigenvalue weighted by molar-refractivity contribution is 6.32. The van der Waals surface area contributed by atoms with Crippen LogP contribution in [0.1, 0.15) is 32.6 Å². The van der Waals surface area contributed by atoms with Crippen LogP contribution < -0.4 is 4.90 Å². The van der Waals surface area contributed by atoms with E-state index in [9.17, 15) is 4.79 Å². The van der Waals surface area contributed by atoms with Gasteiger partial charge in [-0.25, -0.2) is 4.98 Å². The molecule has 1 amide bonds. The summed E-state index contributed by atoms with van der Waals surface area (Å²) in [5, 5.41) is 0.661. The SMILES string of the molecule is CCOC1(C(=O)N2CCN(c3ncccc3Cl)CC2)CCCC1. The molecule has 0 atom stereocenters. The number of ether oxygens (including phenoxy) is 1. The molecular weight excluding hydrogens is 314 g/mol. The van der Waals surface area contributed by atoms with E-state index in [1.807, 2.05) is 24.0 Å². The Bertz CT molecular complexity index is 553. The lowest BCUT2D eigenvalue weighted by Crippen LogP contribution is -2.56. The van der Waals surface area contributed by atoms with E-state index in [-0.39, 0.29) is 5.91 Å². The van der Waals surface area contributed by atoms with Gasteiger partial charge in [0.05, 0.1) is 5.02 Å². The lowest BCUT2D eigenvalue weighted by Gasteiger charge is -2.40. The van der Waals surface area contributed by atoms with Crippen molar-refractivity contribution in [2.24, 2.45) is 0 Å². The van der Waals surface area contributed by atoms with E-state index < -0.39 is 5.60 Å². The summed E-state index contributed by atoms with van der Waals surface area (Å²) in [5.41, 5.74) is -0.570. The molecule has 2 fully saturated rings. The Balaban J connectivity index is 1.64. The average molecular weight is 338 g/mol. The Morgan fingerprint density at radius 2 is 2.00 bits per heavy atom. The van der Waals surface area contributed by atoms with Crippen molar-refractivity contribution < 1.29 is 9.53 Å². The van der Waals surface area contributed by atoms with E-state index >= 15 is 0 Å². The summed E-state index contributed by atoms with van der Waals surface area (Å²) >= 11 is 6.22. The number of nitrogens with zero attached hydrogens (tertiary/aromatic N) is 3. The molecule has 1 aliphatic heterocycles. The van der Waals surface area contributed by atoms with Crippen LogP contribution in [0, 0.1) is 0 Å². The Labute approximate surface area is 142 Å². The number of rotatable bonds is 4. The quantitative estimate of drug-likeness (QED) is 0.847. The molecule has 0 aromatic carbocycles. The summed E-state index contributed by atoms with van der Waals surface area (Å²) in [6.07, 6.45) is 5.61.